The first-order valence-electron chi connectivity index (χ1n) is 9.97. The van der Waals surface area contributed by atoms with Crippen LogP contribution in [-0.4, -0.2) is 67.7 Å². The van der Waals surface area contributed by atoms with Crippen molar-refractivity contribution in [3.63, 3.8) is 0 Å². The molecular weight excluding hydrogens is 356 g/mol. The number of hydrogen-bond acceptors (Lipinski definition) is 6. The lowest BCUT2D eigenvalue weighted by Crippen LogP contribution is -2.35. The molecule has 1 aliphatic rings. The molecule has 2 aromatic rings. The van der Waals surface area contributed by atoms with Crippen LogP contribution in [0.3, 0.4) is 0 Å². The first kappa shape index (κ1) is 20.4. The van der Waals surface area contributed by atoms with Gasteiger partial charge in [0.15, 0.2) is 5.82 Å². The van der Waals surface area contributed by atoms with Crippen molar-refractivity contribution in [2.75, 3.05) is 26.7 Å². The smallest absolute Gasteiger partial charge is 0.244 e. The normalized spacial score (nSPS) is 16.8. The van der Waals surface area contributed by atoms with Crippen molar-refractivity contribution in [1.82, 2.24) is 30.0 Å². The number of likely N-dealkylation sites (tertiary alicyclic amines) is 1. The zero-order valence-electron chi connectivity index (χ0n) is 16.7. The zero-order valence-corrected chi connectivity index (χ0v) is 16.7. The molecule has 0 radical (unpaired) electrons. The van der Waals surface area contributed by atoms with E-state index >= 15 is 0 Å². The minimum Gasteiger partial charge on any atom is -0.388 e. The van der Waals surface area contributed by atoms with Gasteiger partial charge in [-0.15, -0.1) is 5.10 Å². The Kier molecular flexibility index (Phi) is 7.11. The lowest BCUT2D eigenvalue weighted by Gasteiger charge is -2.29. The molecule has 0 spiro atoms. The van der Waals surface area contributed by atoms with Gasteiger partial charge in [-0.1, -0.05) is 37.3 Å². The fourth-order valence-corrected chi connectivity index (χ4v) is 3.41. The number of rotatable bonds is 8. The minimum atomic E-state index is -0.582. The predicted octanol–water partition coefficient (Wildman–Crippen LogP) is 1.49. The van der Waals surface area contributed by atoms with E-state index in [-0.39, 0.29) is 12.5 Å². The number of carbonyl (C=O) groups is 1. The number of aliphatic hydroxyl groups excluding tert-OH is 1. The number of aromatic nitrogens is 4. The van der Waals surface area contributed by atoms with Gasteiger partial charge in [-0.2, -0.15) is 0 Å². The van der Waals surface area contributed by atoms with Gasteiger partial charge in [-0.05, 0) is 54.3 Å². The predicted molar refractivity (Wildman–Crippen MR) is 105 cm³/mol. The van der Waals surface area contributed by atoms with E-state index in [1.807, 2.05) is 30.3 Å². The van der Waals surface area contributed by atoms with Crippen molar-refractivity contribution < 1.29 is 9.90 Å². The molecule has 1 atom stereocenters. The SMILES string of the molecule is CC1CCN(Cc2nnnn2CC(=O)N(C)CCC(O)c2ccccc2)CC1. The van der Waals surface area contributed by atoms with Gasteiger partial charge in [-0.25, -0.2) is 4.68 Å². The summed E-state index contributed by atoms with van der Waals surface area (Å²) in [6, 6.07) is 9.49. The summed E-state index contributed by atoms with van der Waals surface area (Å²) >= 11 is 0. The molecule has 8 nitrogen and oxygen atoms in total. The standard InChI is InChI=1S/C20H30N6O2/c1-16-8-12-25(13-9-16)14-19-21-22-23-26(19)15-20(28)24(2)11-10-18(27)17-6-4-3-5-7-17/h3-7,16,18,27H,8-15H2,1-2H3. The van der Waals surface area contributed by atoms with Crippen LogP contribution in [0.5, 0.6) is 0 Å². The Morgan fingerprint density at radius 3 is 2.71 bits per heavy atom. The number of piperidine rings is 1. The van der Waals surface area contributed by atoms with Crippen LogP contribution in [-0.2, 0) is 17.9 Å². The number of nitrogens with zero attached hydrogens (tertiary/aromatic N) is 6. The van der Waals surface area contributed by atoms with Crippen LogP contribution >= 0.6 is 0 Å². The summed E-state index contributed by atoms with van der Waals surface area (Å²) in [5, 5.41) is 22.1. The number of benzene rings is 1. The molecule has 1 aromatic carbocycles. The summed E-state index contributed by atoms with van der Waals surface area (Å²) in [6.45, 7) is 5.62. The Labute approximate surface area is 166 Å². The van der Waals surface area contributed by atoms with Gasteiger partial charge >= 0.3 is 0 Å². The molecule has 1 aromatic heterocycles. The summed E-state index contributed by atoms with van der Waals surface area (Å²) < 4.78 is 1.59. The van der Waals surface area contributed by atoms with Crippen LogP contribution in [0.15, 0.2) is 30.3 Å². The minimum absolute atomic E-state index is 0.0684. The molecule has 1 amide bonds. The van der Waals surface area contributed by atoms with Crippen LogP contribution < -0.4 is 0 Å². The molecule has 1 fully saturated rings. The second kappa shape index (κ2) is 9.75. The maximum Gasteiger partial charge on any atom is 0.244 e. The molecule has 0 aliphatic carbocycles. The van der Waals surface area contributed by atoms with E-state index < -0.39 is 6.10 Å². The van der Waals surface area contributed by atoms with E-state index in [0.29, 0.717) is 19.5 Å². The van der Waals surface area contributed by atoms with Crippen molar-refractivity contribution >= 4 is 5.91 Å². The molecule has 3 rings (SSSR count). The summed E-state index contributed by atoms with van der Waals surface area (Å²) in [4.78, 5) is 16.5. The maximum absolute atomic E-state index is 12.6. The third-order valence-corrected chi connectivity index (χ3v) is 5.48. The van der Waals surface area contributed by atoms with E-state index in [9.17, 15) is 9.90 Å². The van der Waals surface area contributed by atoms with Crippen LogP contribution in [0.1, 0.15) is 43.7 Å². The Morgan fingerprint density at radius 1 is 1.29 bits per heavy atom. The molecule has 1 saturated heterocycles. The van der Waals surface area contributed by atoms with E-state index in [1.54, 1.807) is 16.6 Å². The number of likely N-dealkylation sites (N-methyl/N-ethyl adjacent to an activating group) is 1. The summed E-state index contributed by atoms with van der Waals surface area (Å²) in [7, 11) is 1.75. The Hall–Kier alpha value is -2.32. The number of aliphatic hydroxyl groups is 1. The molecule has 8 heteroatoms. The molecule has 2 heterocycles. The highest BCUT2D eigenvalue weighted by molar-refractivity contribution is 5.75. The average Bonchev–Trinajstić information content (AvgIpc) is 3.14. The number of amides is 1. The van der Waals surface area contributed by atoms with E-state index in [0.717, 1.165) is 30.4 Å². The second-order valence-electron chi connectivity index (χ2n) is 7.74. The lowest BCUT2D eigenvalue weighted by atomic mass is 9.99. The molecule has 0 saturated carbocycles. The van der Waals surface area contributed by atoms with E-state index in [2.05, 4.69) is 27.3 Å². The molecule has 0 bridgehead atoms. The molecule has 28 heavy (non-hydrogen) atoms. The number of tetrazole rings is 1. The second-order valence-corrected chi connectivity index (χ2v) is 7.74. The van der Waals surface area contributed by atoms with E-state index in [4.69, 9.17) is 0 Å². The first-order valence-corrected chi connectivity index (χ1v) is 9.97. The van der Waals surface area contributed by atoms with Gasteiger partial charge < -0.3 is 10.0 Å². The van der Waals surface area contributed by atoms with Gasteiger partial charge in [0.2, 0.25) is 5.91 Å². The van der Waals surface area contributed by atoms with Crippen molar-refractivity contribution in [3.8, 4) is 0 Å². The zero-order chi connectivity index (χ0) is 19.9. The fraction of sp³-hybridized carbons (Fsp3) is 0.600. The Balaban J connectivity index is 1.48. The number of hydrogen-bond donors (Lipinski definition) is 1. The van der Waals surface area contributed by atoms with Gasteiger partial charge in [0.1, 0.15) is 6.54 Å². The Morgan fingerprint density at radius 2 is 2.00 bits per heavy atom. The maximum atomic E-state index is 12.6. The molecule has 1 N–H and O–H groups in total. The monoisotopic (exact) mass is 386 g/mol. The highest BCUT2D eigenvalue weighted by atomic mass is 16.3. The molecular formula is C20H30N6O2. The third kappa shape index (κ3) is 5.59. The van der Waals surface area contributed by atoms with Gasteiger partial charge in [0, 0.05) is 13.6 Å². The summed E-state index contributed by atoms with van der Waals surface area (Å²) in [5.74, 6) is 1.43. The number of carbonyl (C=O) groups excluding carboxylic acids is 1. The molecule has 1 unspecified atom stereocenters. The molecule has 152 valence electrons. The lowest BCUT2D eigenvalue weighted by molar-refractivity contribution is -0.131. The van der Waals surface area contributed by atoms with Gasteiger partial charge in [0.25, 0.3) is 0 Å². The topological polar surface area (TPSA) is 87.4 Å². The van der Waals surface area contributed by atoms with Crippen LogP contribution in [0.4, 0.5) is 0 Å². The first-order chi connectivity index (χ1) is 13.5. The third-order valence-electron chi connectivity index (χ3n) is 5.48. The van der Waals surface area contributed by atoms with Crippen molar-refractivity contribution in [2.24, 2.45) is 5.92 Å². The fourth-order valence-electron chi connectivity index (χ4n) is 3.41. The van der Waals surface area contributed by atoms with Crippen LogP contribution in [0, 0.1) is 5.92 Å². The highest BCUT2D eigenvalue weighted by Gasteiger charge is 2.20. The van der Waals surface area contributed by atoms with E-state index in [1.165, 1.54) is 12.8 Å². The summed E-state index contributed by atoms with van der Waals surface area (Å²) in [5.41, 5.74) is 0.863. The average molecular weight is 387 g/mol. The van der Waals surface area contributed by atoms with Crippen LogP contribution in [0.25, 0.3) is 0 Å². The van der Waals surface area contributed by atoms with Gasteiger partial charge in [-0.3, -0.25) is 9.69 Å². The van der Waals surface area contributed by atoms with Crippen LogP contribution in [0.2, 0.25) is 0 Å². The quantitative estimate of drug-likeness (QED) is 0.740. The van der Waals surface area contributed by atoms with Crippen molar-refractivity contribution in [1.29, 1.82) is 0 Å². The van der Waals surface area contributed by atoms with Crippen molar-refractivity contribution in [2.45, 2.75) is 45.4 Å². The highest BCUT2D eigenvalue weighted by Crippen LogP contribution is 2.18. The van der Waals surface area contributed by atoms with Gasteiger partial charge in [0.05, 0.1) is 12.6 Å². The van der Waals surface area contributed by atoms with Crippen molar-refractivity contribution in [3.05, 3.63) is 41.7 Å². The molecule has 1 aliphatic heterocycles. The largest absolute Gasteiger partial charge is 0.388 e. The Bertz CT molecular complexity index is 742. The summed E-state index contributed by atoms with van der Waals surface area (Å²) in [6.07, 6.45) is 2.28.